The molecule has 67 heavy (non-hydrogen) atoms. The van der Waals surface area contributed by atoms with Gasteiger partial charge in [-0.1, -0.05) is 90.1 Å². The zero-order valence-electron chi connectivity index (χ0n) is 40.7. The maximum atomic E-state index is 12.8. The lowest BCUT2D eigenvalue weighted by Crippen LogP contribution is -2.47. The summed E-state index contributed by atoms with van der Waals surface area (Å²) in [6.45, 7) is 20.1. The van der Waals surface area contributed by atoms with Gasteiger partial charge in [-0.2, -0.15) is 8.61 Å². The summed E-state index contributed by atoms with van der Waals surface area (Å²) in [6.07, 6.45) is 2.52. The van der Waals surface area contributed by atoms with Gasteiger partial charge in [0.1, 0.15) is 0 Å². The first-order chi connectivity index (χ1) is 31.3. The molecule has 2 aliphatic rings. The molecule has 0 spiro atoms. The van der Waals surface area contributed by atoms with Gasteiger partial charge in [-0.25, -0.2) is 36.4 Å². The third-order valence-corrected chi connectivity index (χ3v) is 14.3. The highest BCUT2D eigenvalue weighted by molar-refractivity contribution is 7.88. The topological polar surface area (TPSA) is 190 Å². The molecule has 0 unspecified atom stereocenters. The lowest BCUT2D eigenvalue weighted by Gasteiger charge is -2.33. The van der Waals surface area contributed by atoms with Crippen LogP contribution < -0.4 is 16.7 Å². The Morgan fingerprint density at radius 1 is 0.567 bits per heavy atom. The van der Waals surface area contributed by atoms with E-state index in [1.165, 1.54) is 26.7 Å². The summed E-state index contributed by atoms with van der Waals surface area (Å²) in [5.41, 5.74) is 8.65. The van der Waals surface area contributed by atoms with Crippen molar-refractivity contribution in [1.82, 2.24) is 47.1 Å². The second-order valence-electron chi connectivity index (χ2n) is 20.0. The largest absolute Gasteiger partial charge is 0.392 e. The Hall–Kier alpha value is -5.02. The number of piperazine rings is 2. The predicted molar refractivity (Wildman–Crippen MR) is 267 cm³/mol. The van der Waals surface area contributed by atoms with Crippen LogP contribution in [0, 0.1) is 10.8 Å². The highest BCUT2D eigenvalue weighted by atomic mass is 32.2. The Morgan fingerprint density at radius 3 is 1.31 bits per heavy atom. The summed E-state index contributed by atoms with van der Waals surface area (Å²) in [4.78, 5) is 37.1. The van der Waals surface area contributed by atoms with E-state index in [1.54, 1.807) is 32.4 Å². The number of pyridine rings is 2. The van der Waals surface area contributed by atoms with E-state index in [1.807, 2.05) is 48.5 Å². The number of fused-ring (bicyclic) bond motifs is 2. The van der Waals surface area contributed by atoms with Crippen LogP contribution in [0.4, 0.5) is 0 Å². The van der Waals surface area contributed by atoms with Gasteiger partial charge in [-0.15, -0.1) is 0 Å². The molecule has 6 aromatic rings. The van der Waals surface area contributed by atoms with Crippen LogP contribution >= 0.6 is 0 Å². The lowest BCUT2D eigenvalue weighted by atomic mass is 9.97. The fourth-order valence-electron chi connectivity index (χ4n) is 8.14. The van der Waals surface area contributed by atoms with Crippen molar-refractivity contribution < 1.29 is 21.9 Å². The van der Waals surface area contributed by atoms with E-state index in [4.69, 9.17) is 15.1 Å². The number of nitrogens with one attached hydrogen (secondary N) is 1. The highest BCUT2D eigenvalue weighted by Gasteiger charge is 2.24. The Bertz CT molecular complexity index is 3000. The zero-order chi connectivity index (χ0) is 49.1. The monoisotopic (exact) mass is 960 g/mol. The first-order valence-corrected chi connectivity index (χ1v) is 26.3. The molecule has 0 amide bonds. The average molecular weight is 961 g/mol. The summed E-state index contributed by atoms with van der Waals surface area (Å²) in [5.74, 6) is 0. The minimum atomic E-state index is -3.11. The molecule has 0 aliphatic carbocycles. The molecule has 6 heterocycles. The summed E-state index contributed by atoms with van der Waals surface area (Å²) < 4.78 is 55.0. The van der Waals surface area contributed by atoms with Gasteiger partial charge in [0.25, 0.3) is 0 Å². The second-order valence-corrected chi connectivity index (χ2v) is 23.9. The fraction of sp³-hybridized carbons (Fsp3) is 0.500. The number of rotatable bonds is 9. The van der Waals surface area contributed by atoms with E-state index in [2.05, 4.69) is 76.0 Å². The number of aromatic nitrogens is 6. The van der Waals surface area contributed by atoms with Gasteiger partial charge in [-0.05, 0) is 46.2 Å². The minimum Gasteiger partial charge on any atom is -0.392 e. The molecule has 19 heteroatoms. The summed E-state index contributed by atoms with van der Waals surface area (Å²) in [5, 5.41) is 12.2. The van der Waals surface area contributed by atoms with Gasteiger partial charge in [0.15, 0.2) is 11.3 Å². The molecule has 0 atom stereocenters. The van der Waals surface area contributed by atoms with Crippen molar-refractivity contribution in [3.8, 4) is 22.5 Å². The molecular formula is C48H68N10O7S2. The predicted octanol–water partition coefficient (Wildman–Crippen LogP) is 4.32. The van der Waals surface area contributed by atoms with Crippen molar-refractivity contribution in [2.45, 2.75) is 67.8 Å². The normalized spacial score (nSPS) is 15.9. The van der Waals surface area contributed by atoms with Crippen molar-refractivity contribution in [3.05, 3.63) is 105 Å². The van der Waals surface area contributed by atoms with Crippen molar-refractivity contribution in [3.63, 3.8) is 0 Å². The van der Waals surface area contributed by atoms with E-state index in [-0.39, 0.29) is 28.8 Å². The van der Waals surface area contributed by atoms with Crippen LogP contribution in [0.2, 0.25) is 0 Å². The van der Waals surface area contributed by atoms with E-state index >= 15 is 0 Å². The molecule has 4 aromatic heterocycles. The van der Waals surface area contributed by atoms with Crippen LogP contribution in [0.5, 0.6) is 0 Å². The maximum absolute atomic E-state index is 12.8. The molecule has 0 saturated carbocycles. The number of aryl methyl sites for hydroxylation is 2. The molecule has 2 N–H and O–H groups in total. The van der Waals surface area contributed by atoms with Crippen LogP contribution in [0.25, 0.3) is 44.8 Å². The molecular weight excluding hydrogens is 893 g/mol. The lowest BCUT2D eigenvalue weighted by molar-refractivity contribution is 0.182. The number of sulfonamides is 2. The number of benzene rings is 2. The van der Waals surface area contributed by atoms with Crippen LogP contribution in [-0.4, -0.2) is 129 Å². The Kier molecular flexibility index (Phi) is 15.9. The standard InChI is InChI=1S/C24H33N5O3S.C19H23N3O2.C5H12N2O2S/c1-24(2,3)17-29-21-11-10-20(25-22(21)26(4)23(29)30)19-8-6-18(7-9-19)16-27-12-14-28(15-13-27)33(5,31)32;1-19(2,3)12-22-16-10-9-15(20-17(16)21(4)18(22)24)14-7-5-13(11-23)6-8-14;1-10(8,9)7-4-2-6-3-5-7/h6-11H,12-17H2,1-5H3;5-10,23H,11-12H2,1-4H3;6H,2-5H2,1H3. The van der Waals surface area contributed by atoms with Crippen molar-refractivity contribution in [1.29, 1.82) is 0 Å². The second kappa shape index (κ2) is 20.7. The Labute approximate surface area is 394 Å². The quantitative estimate of drug-likeness (QED) is 0.210. The smallest absolute Gasteiger partial charge is 0.330 e. The number of nitrogens with zero attached hydrogens (tertiary/aromatic N) is 9. The molecule has 2 aromatic carbocycles. The molecule has 17 nitrogen and oxygen atoms in total. The van der Waals surface area contributed by atoms with Gasteiger partial charge in [0, 0.05) is 97.2 Å². The Morgan fingerprint density at radius 2 is 0.955 bits per heavy atom. The van der Waals surface area contributed by atoms with Gasteiger partial charge in [0.05, 0.1) is 41.5 Å². The van der Waals surface area contributed by atoms with E-state index in [0.29, 0.717) is 50.6 Å². The van der Waals surface area contributed by atoms with Crippen molar-refractivity contribution >= 4 is 42.4 Å². The maximum Gasteiger partial charge on any atom is 0.330 e. The minimum absolute atomic E-state index is 0.00987. The summed E-state index contributed by atoms with van der Waals surface area (Å²) >= 11 is 0. The molecule has 364 valence electrons. The van der Waals surface area contributed by atoms with E-state index < -0.39 is 20.0 Å². The average Bonchev–Trinajstić information content (AvgIpc) is 3.64. The number of hydrogen-bond acceptors (Lipinski definition) is 11. The van der Waals surface area contributed by atoms with Gasteiger partial charge >= 0.3 is 11.4 Å². The summed E-state index contributed by atoms with van der Waals surface area (Å²) in [6, 6.07) is 23.8. The van der Waals surface area contributed by atoms with Crippen molar-refractivity contribution in [2.24, 2.45) is 24.9 Å². The van der Waals surface area contributed by atoms with Crippen LogP contribution in [0.1, 0.15) is 52.7 Å². The van der Waals surface area contributed by atoms with Crippen LogP contribution in [-0.2, 0) is 60.4 Å². The number of hydrogen-bond donors (Lipinski definition) is 2. The van der Waals surface area contributed by atoms with Crippen LogP contribution in [0.3, 0.4) is 0 Å². The first kappa shape index (κ1) is 51.4. The number of imidazole rings is 2. The SMILES string of the molecule is CS(=O)(=O)N1CCNCC1.Cn1c(=O)n(CC(C)(C)C)c2ccc(-c3ccc(CN4CCN(S(C)(=O)=O)CC4)cc3)nc21.Cn1c(=O)n(CC(C)(C)C)c2ccc(-c3ccc(CO)cc3)nc21. The number of aliphatic hydroxyl groups is 1. The molecule has 2 fully saturated rings. The first-order valence-electron chi connectivity index (χ1n) is 22.6. The zero-order valence-corrected chi connectivity index (χ0v) is 42.3. The van der Waals surface area contributed by atoms with Crippen LogP contribution in [0.15, 0.2) is 82.4 Å². The summed E-state index contributed by atoms with van der Waals surface area (Å²) in [7, 11) is -2.51. The van der Waals surface area contributed by atoms with Gasteiger partial charge < -0.3 is 10.4 Å². The van der Waals surface area contributed by atoms with E-state index in [9.17, 15) is 26.4 Å². The third-order valence-electron chi connectivity index (χ3n) is 11.7. The molecule has 2 saturated heterocycles. The van der Waals surface area contributed by atoms with Gasteiger partial charge in [0.2, 0.25) is 20.0 Å². The Balaban J connectivity index is 0.000000189. The fourth-order valence-corrected chi connectivity index (χ4v) is 9.81. The third kappa shape index (κ3) is 13.2. The van der Waals surface area contributed by atoms with Crippen molar-refractivity contribution in [2.75, 3.05) is 64.9 Å². The molecule has 0 radical (unpaired) electrons. The molecule has 2 aliphatic heterocycles. The molecule has 0 bridgehead atoms. The van der Waals surface area contributed by atoms with Gasteiger partial charge in [-0.3, -0.25) is 23.2 Å². The molecule has 8 rings (SSSR count). The highest BCUT2D eigenvalue weighted by Crippen LogP contribution is 2.26. The van der Waals surface area contributed by atoms with E-state index in [0.717, 1.165) is 71.8 Å². The number of aliphatic hydroxyl groups excluding tert-OH is 1.